The lowest BCUT2D eigenvalue weighted by Crippen LogP contribution is -2.46. The second kappa shape index (κ2) is 13.0. The topological polar surface area (TPSA) is 117 Å². The summed E-state index contributed by atoms with van der Waals surface area (Å²) in [5, 5.41) is 6.25. The molecule has 4 rings (SSSR count). The summed E-state index contributed by atoms with van der Waals surface area (Å²) in [6.45, 7) is -0.881. The molecule has 228 valence electrons. The Morgan fingerprint density at radius 2 is 1.88 bits per heavy atom. The first kappa shape index (κ1) is 31.1. The van der Waals surface area contributed by atoms with E-state index < -0.39 is 47.5 Å². The first-order valence-electron chi connectivity index (χ1n) is 13.0. The number of fused-ring (bicyclic) bond motifs is 1. The van der Waals surface area contributed by atoms with Crippen LogP contribution in [-0.4, -0.2) is 83.9 Å². The summed E-state index contributed by atoms with van der Waals surface area (Å²) in [5.41, 5.74) is 4.97. The molecule has 0 bridgehead atoms. The van der Waals surface area contributed by atoms with Gasteiger partial charge in [-0.3, -0.25) is 24.6 Å². The molecule has 1 aliphatic rings. The number of nitrogens with one attached hydrogen (secondary N) is 4. The van der Waals surface area contributed by atoms with Crippen LogP contribution in [0, 0.1) is 0 Å². The van der Waals surface area contributed by atoms with E-state index in [-0.39, 0.29) is 24.3 Å². The number of halogens is 4. The Morgan fingerprint density at radius 3 is 2.55 bits per heavy atom. The number of benzene rings is 2. The van der Waals surface area contributed by atoms with Crippen molar-refractivity contribution in [1.82, 2.24) is 20.3 Å². The smallest absolute Gasteiger partial charge is 0.406 e. The van der Waals surface area contributed by atoms with Crippen molar-refractivity contribution in [2.45, 2.75) is 36.3 Å². The first-order chi connectivity index (χ1) is 19.9. The van der Waals surface area contributed by atoms with Crippen molar-refractivity contribution in [3.8, 4) is 5.75 Å². The molecule has 1 saturated heterocycles. The van der Waals surface area contributed by atoms with Crippen LogP contribution < -0.4 is 26.2 Å². The quantitative estimate of drug-likeness (QED) is 0.217. The molecule has 0 radical (unpaired) electrons. The number of anilines is 2. The van der Waals surface area contributed by atoms with Gasteiger partial charge in [0.1, 0.15) is 24.2 Å². The lowest BCUT2D eigenvalue weighted by Gasteiger charge is -2.33. The van der Waals surface area contributed by atoms with Gasteiger partial charge in [-0.15, -0.1) is 0 Å². The predicted molar refractivity (Wildman–Crippen MR) is 152 cm³/mol. The summed E-state index contributed by atoms with van der Waals surface area (Å²) in [4.78, 5) is 27.8. The number of hydrogen-bond acceptors (Lipinski definition) is 7. The summed E-state index contributed by atoms with van der Waals surface area (Å²) in [5.74, 6) is -1.31. The number of alkyl halides is 4. The van der Waals surface area contributed by atoms with Gasteiger partial charge >= 0.3 is 6.18 Å². The third kappa shape index (κ3) is 7.50. The zero-order valence-electron chi connectivity index (χ0n) is 23.2. The van der Waals surface area contributed by atoms with Crippen LogP contribution in [0.4, 0.5) is 28.9 Å². The van der Waals surface area contributed by atoms with Crippen molar-refractivity contribution in [2.24, 2.45) is 0 Å². The van der Waals surface area contributed by atoms with Crippen LogP contribution in [0.2, 0.25) is 0 Å². The first-order valence-corrected chi connectivity index (χ1v) is 14.5. The minimum atomic E-state index is -4.64. The Balaban J connectivity index is 1.49. The van der Waals surface area contributed by atoms with Gasteiger partial charge in [0, 0.05) is 46.1 Å². The van der Waals surface area contributed by atoms with Gasteiger partial charge in [0.05, 0.1) is 30.9 Å². The molecule has 42 heavy (non-hydrogen) atoms. The summed E-state index contributed by atoms with van der Waals surface area (Å²) < 4.78 is 73.0. The van der Waals surface area contributed by atoms with E-state index >= 15 is 0 Å². The fourth-order valence-corrected chi connectivity index (χ4v) is 5.31. The number of aromatic nitrogens is 1. The van der Waals surface area contributed by atoms with Crippen LogP contribution in [0.25, 0.3) is 10.9 Å². The van der Waals surface area contributed by atoms with Gasteiger partial charge in [-0.2, -0.15) is 13.2 Å². The van der Waals surface area contributed by atoms with E-state index in [1.807, 2.05) is 11.9 Å². The van der Waals surface area contributed by atoms with Gasteiger partial charge in [-0.25, -0.2) is 4.39 Å². The second-order valence-corrected chi connectivity index (χ2v) is 11.3. The molecule has 2 amide bonds. The molecule has 1 aliphatic heterocycles. The molecule has 3 aromatic rings. The van der Waals surface area contributed by atoms with Crippen LogP contribution in [0.1, 0.15) is 16.9 Å². The zero-order valence-corrected chi connectivity index (χ0v) is 24.0. The maximum absolute atomic E-state index is 14.7. The Kier molecular flexibility index (Phi) is 9.61. The highest BCUT2D eigenvalue weighted by molar-refractivity contribution is 7.84. The Bertz CT molecular complexity index is 1480. The molecule has 1 fully saturated rings. The number of carbonyl (C=O) groups is 2. The van der Waals surface area contributed by atoms with Gasteiger partial charge in [-0.05, 0) is 49.9 Å². The number of likely N-dealkylation sites (tertiary alicyclic amines) is 1. The summed E-state index contributed by atoms with van der Waals surface area (Å²) in [7, 11) is 1.98. The third-order valence-corrected chi connectivity index (χ3v) is 7.78. The fourth-order valence-electron chi connectivity index (χ4n) is 4.77. The molecule has 2 heterocycles. The molecule has 3 atom stereocenters. The number of ether oxygens (including phenoxy) is 1. The van der Waals surface area contributed by atoms with E-state index in [9.17, 15) is 31.4 Å². The number of nitrogens with zero attached hydrogens (tertiary/aromatic N) is 2. The van der Waals surface area contributed by atoms with Crippen LogP contribution >= 0.6 is 0 Å². The van der Waals surface area contributed by atoms with Crippen molar-refractivity contribution in [2.75, 3.05) is 50.7 Å². The van der Waals surface area contributed by atoms with Gasteiger partial charge in [0.25, 0.3) is 11.8 Å². The lowest BCUT2D eigenvalue weighted by atomic mass is 10.0. The SMILES string of the molecule is COc1cc(S(C)=O)ccc1NCC(=O)NNC(=O)c1cc2c(NC3CCN(C)CC3F)cccc2n1CC(F)(F)F. The average Bonchev–Trinajstić information content (AvgIpc) is 3.29. The number of amides is 2. The van der Waals surface area contributed by atoms with Crippen molar-refractivity contribution in [1.29, 1.82) is 0 Å². The molecule has 2 aromatic carbocycles. The van der Waals surface area contributed by atoms with Gasteiger partial charge in [0.2, 0.25) is 0 Å². The minimum Gasteiger partial charge on any atom is -0.495 e. The monoisotopic (exact) mass is 612 g/mol. The Labute approximate surface area is 242 Å². The van der Waals surface area contributed by atoms with E-state index in [0.717, 1.165) is 4.57 Å². The number of rotatable bonds is 9. The summed E-state index contributed by atoms with van der Waals surface area (Å²) >= 11 is 0. The minimum absolute atomic E-state index is 0.127. The van der Waals surface area contributed by atoms with Crippen molar-refractivity contribution >= 4 is 44.9 Å². The molecule has 15 heteroatoms. The van der Waals surface area contributed by atoms with Crippen molar-refractivity contribution in [3.63, 3.8) is 0 Å². The van der Waals surface area contributed by atoms with Gasteiger partial charge in [-0.1, -0.05) is 6.07 Å². The Hall–Kier alpha value is -3.85. The van der Waals surface area contributed by atoms with Crippen LogP contribution in [-0.2, 0) is 22.1 Å². The normalized spacial score (nSPS) is 18.4. The molecule has 0 spiro atoms. The summed E-state index contributed by atoms with van der Waals surface area (Å²) in [6, 6.07) is 10.1. The lowest BCUT2D eigenvalue weighted by molar-refractivity contribution is -0.140. The van der Waals surface area contributed by atoms with Crippen LogP contribution in [0.5, 0.6) is 5.75 Å². The largest absolute Gasteiger partial charge is 0.495 e. The van der Waals surface area contributed by atoms with Crippen molar-refractivity contribution < 1.29 is 36.1 Å². The molecule has 0 aliphatic carbocycles. The van der Waals surface area contributed by atoms with Crippen LogP contribution in [0.15, 0.2) is 47.4 Å². The maximum atomic E-state index is 14.7. The molecular weight excluding hydrogens is 580 g/mol. The molecule has 3 unspecified atom stereocenters. The van der Waals surface area contributed by atoms with Gasteiger partial charge in [0.15, 0.2) is 0 Å². The van der Waals surface area contributed by atoms with E-state index in [2.05, 4.69) is 21.5 Å². The number of hydrazine groups is 1. The van der Waals surface area contributed by atoms with E-state index in [1.165, 1.54) is 31.6 Å². The average molecular weight is 613 g/mol. The molecule has 0 saturated carbocycles. The van der Waals surface area contributed by atoms with Crippen molar-refractivity contribution in [3.05, 3.63) is 48.2 Å². The molecule has 4 N–H and O–H groups in total. The van der Waals surface area contributed by atoms with E-state index in [0.29, 0.717) is 40.4 Å². The number of carbonyl (C=O) groups excluding carboxylic acids is 2. The third-order valence-electron chi connectivity index (χ3n) is 6.86. The number of piperidine rings is 1. The Morgan fingerprint density at radius 1 is 1.12 bits per heavy atom. The standard InChI is InChI=1S/C27H32F4N6O4S/c1-36-10-9-20(18(28)14-36)33-19-5-4-6-22-17(19)12-23(37(22)15-27(29,30)31)26(39)35-34-25(38)13-32-21-8-7-16(42(3)40)11-24(21)41-2/h4-8,11-12,18,20,32-33H,9-10,13-15H2,1-3H3,(H,34,38)(H,35,39). The zero-order chi connectivity index (χ0) is 30.6. The van der Waals surface area contributed by atoms with E-state index in [4.69, 9.17) is 4.74 Å². The van der Waals surface area contributed by atoms with Gasteiger partial charge < -0.3 is 24.8 Å². The predicted octanol–water partition coefficient (Wildman–Crippen LogP) is 3.28. The second-order valence-electron chi connectivity index (χ2n) is 9.96. The fraction of sp³-hybridized carbons (Fsp3) is 0.407. The number of hydrogen-bond donors (Lipinski definition) is 4. The highest BCUT2D eigenvalue weighted by Crippen LogP contribution is 2.32. The van der Waals surface area contributed by atoms with Crippen LogP contribution in [0.3, 0.4) is 0 Å². The summed E-state index contributed by atoms with van der Waals surface area (Å²) in [6.07, 6.45) is -3.82. The highest BCUT2D eigenvalue weighted by Gasteiger charge is 2.32. The molecule has 1 aromatic heterocycles. The number of methoxy groups -OCH3 is 1. The molecule has 10 nitrogen and oxygen atoms in total. The molecular formula is C27H32F4N6O4S. The maximum Gasteiger partial charge on any atom is 0.406 e. The van der Waals surface area contributed by atoms with E-state index in [1.54, 1.807) is 24.3 Å². The highest BCUT2D eigenvalue weighted by atomic mass is 32.2.